The van der Waals surface area contributed by atoms with E-state index in [1.807, 2.05) is 5.38 Å². The first-order valence-electron chi connectivity index (χ1n) is 7.65. The molecule has 6 nitrogen and oxygen atoms in total. The molecule has 2 amide bonds. The summed E-state index contributed by atoms with van der Waals surface area (Å²) in [6.45, 7) is 4.21. The van der Waals surface area contributed by atoms with Crippen molar-refractivity contribution in [1.29, 1.82) is 0 Å². The molecule has 0 aliphatic heterocycles. The van der Waals surface area contributed by atoms with Crippen molar-refractivity contribution in [2.24, 2.45) is 0 Å². The molecule has 0 saturated carbocycles. The number of hydrogen-bond acceptors (Lipinski definition) is 5. The predicted octanol–water partition coefficient (Wildman–Crippen LogP) is 3.06. The Labute approximate surface area is 145 Å². The van der Waals surface area contributed by atoms with Crippen molar-refractivity contribution in [2.45, 2.75) is 26.2 Å². The molecule has 7 heteroatoms. The van der Waals surface area contributed by atoms with E-state index < -0.39 is 0 Å². The lowest BCUT2D eigenvalue weighted by molar-refractivity contribution is -0.111. The Morgan fingerprint density at radius 3 is 2.88 bits per heavy atom. The minimum Gasteiger partial charge on any atom is -0.355 e. The molecule has 1 unspecified atom stereocenters. The summed E-state index contributed by atoms with van der Waals surface area (Å²) in [7, 11) is 1.56. The number of aromatic nitrogens is 2. The molecule has 2 N–H and O–H groups in total. The second-order valence-electron chi connectivity index (χ2n) is 5.30. The standard InChI is InChI=1S/C17H20N4O2S/c1-4-11(2)14-10-24-17(20-14)21-15(22)6-5-12-7-13(9-19-8-12)16(23)18-3/h5-11H,4H2,1-3H3,(H,18,23)(H,20,21,22). The summed E-state index contributed by atoms with van der Waals surface area (Å²) >= 11 is 1.41. The maximum Gasteiger partial charge on any atom is 0.252 e. The fraction of sp³-hybridized carbons (Fsp3) is 0.294. The number of nitrogens with zero attached hydrogens (tertiary/aromatic N) is 2. The molecular formula is C17H20N4O2S. The van der Waals surface area contributed by atoms with E-state index in [4.69, 9.17) is 0 Å². The van der Waals surface area contributed by atoms with Gasteiger partial charge in [0.25, 0.3) is 5.91 Å². The zero-order valence-electron chi connectivity index (χ0n) is 13.9. The largest absolute Gasteiger partial charge is 0.355 e. The lowest BCUT2D eigenvalue weighted by Gasteiger charge is -2.02. The lowest BCUT2D eigenvalue weighted by atomic mass is 10.1. The first kappa shape index (κ1) is 17.8. The van der Waals surface area contributed by atoms with Crippen molar-refractivity contribution in [2.75, 3.05) is 12.4 Å². The quantitative estimate of drug-likeness (QED) is 0.789. The molecule has 2 aromatic rings. The van der Waals surface area contributed by atoms with Gasteiger partial charge in [0, 0.05) is 30.9 Å². The molecule has 0 fully saturated rings. The topological polar surface area (TPSA) is 84.0 Å². The summed E-state index contributed by atoms with van der Waals surface area (Å²) < 4.78 is 0. The molecular weight excluding hydrogens is 324 g/mol. The zero-order chi connectivity index (χ0) is 17.5. The van der Waals surface area contributed by atoms with Gasteiger partial charge in [-0.2, -0.15) is 0 Å². The highest BCUT2D eigenvalue weighted by Gasteiger charge is 2.09. The highest BCUT2D eigenvalue weighted by Crippen LogP contribution is 2.23. The normalized spacial score (nSPS) is 12.1. The van der Waals surface area contributed by atoms with Crippen LogP contribution in [-0.2, 0) is 4.79 Å². The van der Waals surface area contributed by atoms with Crippen LogP contribution in [0.15, 0.2) is 29.9 Å². The van der Waals surface area contributed by atoms with E-state index in [1.165, 1.54) is 23.6 Å². The average Bonchev–Trinajstić information content (AvgIpc) is 3.07. The van der Waals surface area contributed by atoms with Crippen LogP contribution >= 0.6 is 11.3 Å². The van der Waals surface area contributed by atoms with Crippen molar-refractivity contribution in [3.63, 3.8) is 0 Å². The van der Waals surface area contributed by atoms with Crippen LogP contribution in [0.4, 0.5) is 5.13 Å². The van der Waals surface area contributed by atoms with Crippen LogP contribution < -0.4 is 10.6 Å². The molecule has 2 heterocycles. The van der Waals surface area contributed by atoms with Crippen LogP contribution in [0.1, 0.15) is 47.8 Å². The Bertz CT molecular complexity index is 755. The first-order valence-corrected chi connectivity index (χ1v) is 8.53. The zero-order valence-corrected chi connectivity index (χ0v) is 14.7. The SMILES string of the molecule is CCC(C)c1csc(NC(=O)C=Cc2cncc(C(=O)NC)c2)n1. The number of carbonyl (C=O) groups is 2. The summed E-state index contributed by atoms with van der Waals surface area (Å²) in [6, 6.07) is 1.67. The van der Waals surface area contributed by atoms with Crippen LogP contribution in [0.25, 0.3) is 6.08 Å². The molecule has 0 aliphatic rings. The van der Waals surface area contributed by atoms with Gasteiger partial charge in [-0.1, -0.05) is 13.8 Å². The number of hydrogen-bond donors (Lipinski definition) is 2. The summed E-state index contributed by atoms with van der Waals surface area (Å²) in [5, 5.41) is 7.82. The Hall–Kier alpha value is -2.54. The molecule has 0 radical (unpaired) electrons. The van der Waals surface area contributed by atoms with Gasteiger partial charge in [0.05, 0.1) is 11.3 Å². The summed E-state index contributed by atoms with van der Waals surface area (Å²) in [6.07, 6.45) is 7.07. The lowest BCUT2D eigenvalue weighted by Crippen LogP contribution is -2.17. The third-order valence-corrected chi connectivity index (χ3v) is 4.32. The fourth-order valence-corrected chi connectivity index (χ4v) is 2.75. The number of anilines is 1. The molecule has 0 spiro atoms. The summed E-state index contributed by atoms with van der Waals surface area (Å²) in [4.78, 5) is 31.9. The van der Waals surface area contributed by atoms with Gasteiger partial charge in [0.2, 0.25) is 5.91 Å². The highest BCUT2D eigenvalue weighted by atomic mass is 32.1. The minimum atomic E-state index is -0.273. The van der Waals surface area contributed by atoms with Crippen LogP contribution in [0.3, 0.4) is 0 Å². The van der Waals surface area contributed by atoms with Gasteiger partial charge in [0.15, 0.2) is 5.13 Å². The van der Waals surface area contributed by atoms with Gasteiger partial charge in [-0.05, 0) is 30.0 Å². The van der Waals surface area contributed by atoms with Gasteiger partial charge in [-0.25, -0.2) is 4.98 Å². The second-order valence-corrected chi connectivity index (χ2v) is 6.15. The third-order valence-electron chi connectivity index (χ3n) is 3.55. The van der Waals surface area contributed by atoms with E-state index in [2.05, 4.69) is 34.4 Å². The molecule has 0 aliphatic carbocycles. The molecule has 0 saturated heterocycles. The number of carbonyl (C=O) groups excluding carboxylic acids is 2. The molecule has 2 rings (SSSR count). The van der Waals surface area contributed by atoms with Gasteiger partial charge in [0.1, 0.15) is 0 Å². The Morgan fingerprint density at radius 2 is 2.17 bits per heavy atom. The van der Waals surface area contributed by atoms with Gasteiger partial charge in [-0.15, -0.1) is 11.3 Å². The van der Waals surface area contributed by atoms with E-state index in [1.54, 1.807) is 25.4 Å². The number of amides is 2. The molecule has 0 bridgehead atoms. The molecule has 2 aromatic heterocycles. The van der Waals surface area contributed by atoms with E-state index in [-0.39, 0.29) is 11.8 Å². The Morgan fingerprint density at radius 1 is 1.38 bits per heavy atom. The number of pyridine rings is 1. The van der Waals surface area contributed by atoms with Gasteiger partial charge < -0.3 is 5.32 Å². The maximum absolute atomic E-state index is 12.0. The smallest absolute Gasteiger partial charge is 0.252 e. The number of nitrogens with one attached hydrogen (secondary N) is 2. The Balaban J connectivity index is 2.00. The maximum atomic E-state index is 12.0. The van der Waals surface area contributed by atoms with Crippen molar-refractivity contribution >= 4 is 34.4 Å². The predicted molar refractivity (Wildman–Crippen MR) is 96.1 cm³/mol. The molecule has 1 atom stereocenters. The van der Waals surface area contributed by atoms with Crippen LogP contribution in [-0.4, -0.2) is 28.8 Å². The highest BCUT2D eigenvalue weighted by molar-refractivity contribution is 7.14. The van der Waals surface area contributed by atoms with Gasteiger partial charge >= 0.3 is 0 Å². The van der Waals surface area contributed by atoms with E-state index in [0.29, 0.717) is 22.2 Å². The Kier molecular flexibility index (Phi) is 6.20. The monoisotopic (exact) mass is 344 g/mol. The summed E-state index contributed by atoms with van der Waals surface area (Å²) in [5.74, 6) is -0.117. The van der Waals surface area contributed by atoms with E-state index in [9.17, 15) is 9.59 Å². The van der Waals surface area contributed by atoms with Crippen LogP contribution in [0.5, 0.6) is 0 Å². The summed E-state index contributed by atoms with van der Waals surface area (Å²) in [5.41, 5.74) is 2.10. The van der Waals surface area contributed by atoms with E-state index >= 15 is 0 Å². The molecule has 126 valence electrons. The average molecular weight is 344 g/mol. The fourth-order valence-electron chi connectivity index (χ4n) is 1.92. The van der Waals surface area contributed by atoms with Crippen molar-refractivity contribution in [1.82, 2.24) is 15.3 Å². The minimum absolute atomic E-state index is 0.220. The van der Waals surface area contributed by atoms with Gasteiger partial charge in [-0.3, -0.25) is 19.9 Å². The number of thiazole rings is 1. The van der Waals surface area contributed by atoms with Crippen LogP contribution in [0, 0.1) is 0 Å². The van der Waals surface area contributed by atoms with Crippen LogP contribution in [0.2, 0.25) is 0 Å². The third kappa shape index (κ3) is 4.73. The van der Waals surface area contributed by atoms with Crippen molar-refractivity contribution in [3.05, 3.63) is 46.7 Å². The van der Waals surface area contributed by atoms with Crippen molar-refractivity contribution < 1.29 is 9.59 Å². The molecule has 0 aromatic carbocycles. The van der Waals surface area contributed by atoms with Crippen molar-refractivity contribution in [3.8, 4) is 0 Å². The first-order chi connectivity index (χ1) is 11.5. The van der Waals surface area contributed by atoms with E-state index in [0.717, 1.165) is 12.1 Å². The number of rotatable bonds is 6. The second kappa shape index (κ2) is 8.35. The molecule has 24 heavy (non-hydrogen) atoms.